The van der Waals surface area contributed by atoms with Crippen LogP contribution in [-0.2, 0) is 4.79 Å². The summed E-state index contributed by atoms with van der Waals surface area (Å²) in [5.74, 6) is 0.396. The Hall–Kier alpha value is -1.84. The lowest BCUT2D eigenvalue weighted by atomic mass is 10.1. The molecule has 0 heterocycles. The third-order valence-electron chi connectivity index (χ3n) is 3.88. The Labute approximate surface area is 125 Å². The van der Waals surface area contributed by atoms with Gasteiger partial charge in [0.15, 0.2) is 11.9 Å². The molecule has 4 heteroatoms. The Morgan fingerprint density at radius 2 is 1.95 bits per heavy atom. The predicted molar refractivity (Wildman–Crippen MR) is 81.6 cm³/mol. The molecule has 2 rings (SSSR count). The first-order chi connectivity index (χ1) is 10.1. The smallest absolute Gasteiger partial charge is 0.260 e. The highest BCUT2D eigenvalue weighted by molar-refractivity contribution is 5.98. The van der Waals surface area contributed by atoms with Gasteiger partial charge in [0.05, 0.1) is 5.56 Å². The van der Waals surface area contributed by atoms with Crippen LogP contribution in [0.1, 0.15) is 56.3 Å². The number of ketones is 1. The number of rotatable bonds is 6. The molecule has 0 saturated heterocycles. The van der Waals surface area contributed by atoms with E-state index in [0.717, 1.165) is 12.8 Å². The molecule has 4 nitrogen and oxygen atoms in total. The van der Waals surface area contributed by atoms with Crippen molar-refractivity contribution in [1.29, 1.82) is 0 Å². The van der Waals surface area contributed by atoms with E-state index in [1.165, 1.54) is 12.8 Å². The van der Waals surface area contributed by atoms with Gasteiger partial charge in [-0.25, -0.2) is 0 Å². The number of hydrogen-bond donors (Lipinski definition) is 1. The highest BCUT2D eigenvalue weighted by atomic mass is 16.5. The summed E-state index contributed by atoms with van der Waals surface area (Å²) in [7, 11) is 0. The summed E-state index contributed by atoms with van der Waals surface area (Å²) in [6.45, 7) is 3.53. The largest absolute Gasteiger partial charge is 0.480 e. The number of benzene rings is 1. The Kier molecular flexibility index (Phi) is 5.37. The molecule has 114 valence electrons. The maximum absolute atomic E-state index is 12.1. The SMILES string of the molecule is CCC(=O)c1ccccc1OC(C)C(=O)NC1CCCC1. The molecule has 1 aromatic carbocycles. The van der Waals surface area contributed by atoms with Crippen molar-refractivity contribution in [1.82, 2.24) is 5.32 Å². The lowest BCUT2D eigenvalue weighted by Gasteiger charge is -2.19. The summed E-state index contributed by atoms with van der Waals surface area (Å²) >= 11 is 0. The highest BCUT2D eigenvalue weighted by Crippen LogP contribution is 2.22. The van der Waals surface area contributed by atoms with Crippen LogP contribution in [-0.4, -0.2) is 23.8 Å². The summed E-state index contributed by atoms with van der Waals surface area (Å²) in [6, 6.07) is 7.36. The van der Waals surface area contributed by atoms with Crippen molar-refractivity contribution >= 4 is 11.7 Å². The lowest BCUT2D eigenvalue weighted by molar-refractivity contribution is -0.128. The Balaban J connectivity index is 2.00. The molecule has 0 radical (unpaired) electrons. The molecule has 21 heavy (non-hydrogen) atoms. The molecule has 1 unspecified atom stereocenters. The number of nitrogens with one attached hydrogen (secondary N) is 1. The fraction of sp³-hybridized carbons (Fsp3) is 0.529. The number of carbonyl (C=O) groups is 2. The molecule has 1 aliphatic carbocycles. The zero-order valence-electron chi connectivity index (χ0n) is 12.7. The first-order valence-electron chi connectivity index (χ1n) is 7.71. The van der Waals surface area contributed by atoms with E-state index in [-0.39, 0.29) is 17.7 Å². The molecule has 0 aliphatic heterocycles. The number of hydrogen-bond acceptors (Lipinski definition) is 3. The molecular formula is C17H23NO3. The summed E-state index contributed by atoms with van der Waals surface area (Å²) in [4.78, 5) is 24.0. The van der Waals surface area contributed by atoms with Gasteiger partial charge in [-0.15, -0.1) is 0 Å². The minimum Gasteiger partial charge on any atom is -0.480 e. The van der Waals surface area contributed by atoms with Crippen molar-refractivity contribution in [3.05, 3.63) is 29.8 Å². The van der Waals surface area contributed by atoms with Gasteiger partial charge < -0.3 is 10.1 Å². The van der Waals surface area contributed by atoms with E-state index in [1.54, 1.807) is 25.1 Å². The molecule has 1 fully saturated rings. The molecule has 0 bridgehead atoms. The number of ether oxygens (including phenoxy) is 1. The molecule has 1 aromatic rings. The van der Waals surface area contributed by atoms with Gasteiger partial charge in [0.1, 0.15) is 5.75 Å². The van der Waals surface area contributed by atoms with E-state index >= 15 is 0 Å². The van der Waals surface area contributed by atoms with Crippen molar-refractivity contribution in [3.8, 4) is 5.75 Å². The number of carbonyl (C=O) groups excluding carboxylic acids is 2. The summed E-state index contributed by atoms with van der Waals surface area (Å²) in [6.07, 6.45) is 4.26. The van der Waals surface area contributed by atoms with Gasteiger partial charge in [0.2, 0.25) is 0 Å². The second-order valence-corrected chi connectivity index (χ2v) is 5.52. The van der Waals surface area contributed by atoms with Crippen LogP contribution in [0.5, 0.6) is 5.75 Å². The Morgan fingerprint density at radius 3 is 2.62 bits per heavy atom. The summed E-state index contributed by atoms with van der Waals surface area (Å²) < 4.78 is 5.71. The van der Waals surface area contributed by atoms with Gasteiger partial charge in [-0.3, -0.25) is 9.59 Å². The van der Waals surface area contributed by atoms with Crippen molar-refractivity contribution < 1.29 is 14.3 Å². The Morgan fingerprint density at radius 1 is 1.29 bits per heavy atom. The molecule has 1 N–H and O–H groups in total. The number of amides is 1. The highest BCUT2D eigenvalue weighted by Gasteiger charge is 2.22. The molecule has 1 atom stereocenters. The standard InChI is InChI=1S/C17H23NO3/c1-3-15(19)14-10-6-7-11-16(14)21-12(2)17(20)18-13-8-4-5-9-13/h6-7,10-13H,3-5,8-9H2,1-2H3,(H,18,20). The van der Waals surface area contributed by atoms with E-state index in [9.17, 15) is 9.59 Å². The van der Waals surface area contributed by atoms with Crippen LogP contribution >= 0.6 is 0 Å². The van der Waals surface area contributed by atoms with Gasteiger partial charge in [-0.05, 0) is 31.9 Å². The quantitative estimate of drug-likeness (QED) is 0.819. The van der Waals surface area contributed by atoms with Gasteiger partial charge in [-0.1, -0.05) is 31.9 Å². The van der Waals surface area contributed by atoms with Crippen LogP contribution < -0.4 is 10.1 Å². The van der Waals surface area contributed by atoms with Crippen molar-refractivity contribution in [2.75, 3.05) is 0 Å². The maximum Gasteiger partial charge on any atom is 0.260 e. The van der Waals surface area contributed by atoms with Gasteiger partial charge in [-0.2, -0.15) is 0 Å². The van der Waals surface area contributed by atoms with Crippen LogP contribution in [0, 0.1) is 0 Å². The van der Waals surface area contributed by atoms with E-state index in [4.69, 9.17) is 4.74 Å². The third-order valence-corrected chi connectivity index (χ3v) is 3.88. The first kappa shape index (κ1) is 15.5. The van der Waals surface area contributed by atoms with Crippen LogP contribution in [0.15, 0.2) is 24.3 Å². The zero-order chi connectivity index (χ0) is 15.2. The van der Waals surface area contributed by atoms with Crippen LogP contribution in [0.25, 0.3) is 0 Å². The fourth-order valence-corrected chi connectivity index (χ4v) is 2.62. The monoisotopic (exact) mass is 289 g/mol. The fourth-order valence-electron chi connectivity index (χ4n) is 2.62. The van der Waals surface area contributed by atoms with Gasteiger partial charge in [0.25, 0.3) is 5.91 Å². The van der Waals surface area contributed by atoms with Crippen LogP contribution in [0.3, 0.4) is 0 Å². The molecule has 0 spiro atoms. The molecule has 0 aromatic heterocycles. The average Bonchev–Trinajstić information content (AvgIpc) is 2.99. The van der Waals surface area contributed by atoms with E-state index in [1.807, 2.05) is 13.0 Å². The maximum atomic E-state index is 12.1. The first-order valence-corrected chi connectivity index (χ1v) is 7.71. The van der Waals surface area contributed by atoms with Crippen molar-refractivity contribution in [2.24, 2.45) is 0 Å². The molecule has 1 aliphatic rings. The molecule has 1 amide bonds. The lowest BCUT2D eigenvalue weighted by Crippen LogP contribution is -2.41. The minimum atomic E-state index is -0.601. The summed E-state index contributed by atoms with van der Waals surface area (Å²) in [5.41, 5.74) is 0.542. The van der Waals surface area contributed by atoms with E-state index in [2.05, 4.69) is 5.32 Å². The summed E-state index contributed by atoms with van der Waals surface area (Å²) in [5, 5.41) is 3.01. The van der Waals surface area contributed by atoms with Crippen LogP contribution in [0.4, 0.5) is 0 Å². The predicted octanol–water partition coefficient (Wildman–Crippen LogP) is 3.11. The average molecular weight is 289 g/mol. The van der Waals surface area contributed by atoms with Crippen LogP contribution in [0.2, 0.25) is 0 Å². The van der Waals surface area contributed by atoms with E-state index in [0.29, 0.717) is 17.7 Å². The minimum absolute atomic E-state index is 0.0222. The second-order valence-electron chi connectivity index (χ2n) is 5.52. The van der Waals surface area contributed by atoms with Crippen molar-refractivity contribution in [3.63, 3.8) is 0 Å². The number of Topliss-reactive ketones (excluding diaryl/α,β-unsaturated/α-hetero) is 1. The van der Waals surface area contributed by atoms with Crippen molar-refractivity contribution in [2.45, 2.75) is 58.1 Å². The van der Waals surface area contributed by atoms with Gasteiger partial charge >= 0.3 is 0 Å². The normalized spacial score (nSPS) is 16.5. The number of para-hydroxylation sites is 1. The molecule has 1 saturated carbocycles. The third kappa shape index (κ3) is 4.06. The Bertz CT molecular complexity index is 507. The second kappa shape index (κ2) is 7.25. The topological polar surface area (TPSA) is 55.4 Å². The molecular weight excluding hydrogens is 266 g/mol. The zero-order valence-corrected chi connectivity index (χ0v) is 12.7. The van der Waals surface area contributed by atoms with E-state index < -0.39 is 6.10 Å². The van der Waals surface area contributed by atoms with Gasteiger partial charge in [0, 0.05) is 12.5 Å².